The first-order valence-electron chi connectivity index (χ1n) is 7.49. The molecule has 126 valence electrons. The monoisotopic (exact) mass is 333 g/mol. The van der Waals surface area contributed by atoms with Gasteiger partial charge in [-0.3, -0.25) is 0 Å². The van der Waals surface area contributed by atoms with Crippen LogP contribution in [-0.2, 0) is 15.1 Å². The third-order valence-electron chi connectivity index (χ3n) is 4.12. The van der Waals surface area contributed by atoms with Gasteiger partial charge in [-0.15, -0.1) is 0 Å². The number of rotatable bonds is 4. The molecule has 0 bridgehead atoms. The Kier molecular flexibility index (Phi) is 5.68. The van der Waals surface area contributed by atoms with E-state index in [-0.39, 0.29) is 18.1 Å². The van der Waals surface area contributed by atoms with Crippen LogP contribution in [0.4, 0.5) is 8.78 Å². The molecular weight excluding hydrogens is 315 g/mol. The number of carbonyl (C=O) groups excluding carboxylic acids is 1. The molecule has 0 aliphatic carbocycles. The summed E-state index contributed by atoms with van der Waals surface area (Å²) in [5.41, 5.74) is -1.09. The van der Waals surface area contributed by atoms with E-state index >= 15 is 0 Å². The predicted molar refractivity (Wildman–Crippen MR) is 86.2 cm³/mol. The van der Waals surface area contributed by atoms with Gasteiger partial charge in [0.15, 0.2) is 0 Å². The fraction of sp³-hybridized carbons (Fsp3) is 0.438. The van der Waals surface area contributed by atoms with E-state index in [1.807, 2.05) is 5.97 Å². The van der Waals surface area contributed by atoms with Crippen molar-refractivity contribution in [1.29, 1.82) is 5.26 Å². The van der Waals surface area contributed by atoms with E-state index in [2.05, 4.69) is 5.32 Å². The third kappa shape index (κ3) is 3.46. The van der Waals surface area contributed by atoms with Gasteiger partial charge in [-0.25, -0.2) is 0 Å². The summed E-state index contributed by atoms with van der Waals surface area (Å²) in [5, 5.41) is 11.7. The van der Waals surface area contributed by atoms with E-state index in [1.165, 1.54) is 24.0 Å². The summed E-state index contributed by atoms with van der Waals surface area (Å²) in [4.78, 5) is 14.1. The first kappa shape index (κ1) is 18.1. The number of hydrogen-bond acceptors (Lipinski definition) is 4. The van der Waals surface area contributed by atoms with Gasteiger partial charge in [0.25, 0.3) is 0 Å². The molecule has 5 nitrogen and oxygen atoms in total. The number of nitriles is 1. The third-order valence-corrected chi connectivity index (χ3v) is 4.12. The average Bonchev–Trinajstić information content (AvgIpc) is 2.54. The molecule has 1 amide bonds. The first-order valence-corrected chi connectivity index (χ1v) is 7.49. The number of nitrogens with one attached hydrogen (secondary N) is 1. The number of amides is 1. The number of benzene rings is 1. The average molecular weight is 333 g/mol. The molecule has 1 heterocycles. The summed E-state index contributed by atoms with van der Waals surface area (Å²) in [6.07, 6.45) is 1.73. The molecule has 1 aliphatic rings. The van der Waals surface area contributed by atoms with Crippen LogP contribution >= 0.6 is 0 Å². The van der Waals surface area contributed by atoms with E-state index in [9.17, 15) is 13.6 Å². The second kappa shape index (κ2) is 7.54. The Balaban J connectivity index is 2.57. The maximum absolute atomic E-state index is 14.5. The molecule has 24 heavy (non-hydrogen) atoms. The van der Waals surface area contributed by atoms with Crippen LogP contribution in [0.25, 0.3) is 0 Å². The second-order valence-electron chi connectivity index (χ2n) is 5.83. The van der Waals surface area contributed by atoms with E-state index in [4.69, 9.17) is 10.00 Å². The van der Waals surface area contributed by atoms with Gasteiger partial charge in [-0.05, 0) is 0 Å². The van der Waals surface area contributed by atoms with Crippen molar-refractivity contribution in [1.82, 2.24) is 10.2 Å². The summed E-state index contributed by atoms with van der Waals surface area (Å²) in [6, 6.07) is 3.22. The van der Waals surface area contributed by atoms with Crippen LogP contribution in [0.2, 0.25) is 0 Å². The summed E-state index contributed by atoms with van der Waals surface area (Å²) < 4.78 is 33.3. The molecule has 0 aromatic heterocycles. The number of hydrogen-bond donors (Lipinski definition) is 1. The summed E-state index contributed by atoms with van der Waals surface area (Å²) >= 11 is 0. The molecule has 8 heteroatoms. The summed E-state index contributed by atoms with van der Waals surface area (Å²) in [6.45, 7) is 1.57. The fourth-order valence-electron chi connectivity index (χ4n) is 2.99. The summed E-state index contributed by atoms with van der Waals surface area (Å²) in [5.74, 6) is -0.453. The Labute approximate surface area is 140 Å². The van der Waals surface area contributed by atoms with Gasteiger partial charge in [-0.1, -0.05) is 0 Å². The zero-order valence-corrected chi connectivity index (χ0v) is 13.6. The molecule has 1 fully saturated rings. The molecule has 1 aromatic rings. The Morgan fingerprint density at radius 3 is 2.92 bits per heavy atom. The van der Waals surface area contributed by atoms with Crippen LogP contribution < -0.4 is 5.32 Å². The van der Waals surface area contributed by atoms with Gasteiger partial charge in [0.05, 0.1) is 0 Å². The van der Waals surface area contributed by atoms with Crippen LogP contribution in [0, 0.1) is 28.8 Å². The molecule has 0 spiro atoms. The second-order valence-corrected chi connectivity index (χ2v) is 5.83. The minimum atomic E-state index is -1.22. The van der Waals surface area contributed by atoms with E-state index < -0.39 is 23.1 Å². The van der Waals surface area contributed by atoms with Gasteiger partial charge in [0.2, 0.25) is 0 Å². The SMILES string of the molecule is CN(C)C(=O)C1CCOCC1(NC=BC#N)c1ccc(F)cc1F. The molecule has 0 saturated carbocycles. The Hall–Kier alpha value is -2.27. The maximum atomic E-state index is 14.5. The van der Waals surface area contributed by atoms with Gasteiger partial charge in [-0.2, -0.15) is 0 Å². The van der Waals surface area contributed by atoms with Crippen LogP contribution in [-0.4, -0.2) is 51.1 Å². The van der Waals surface area contributed by atoms with E-state index in [1.54, 1.807) is 14.1 Å². The quantitative estimate of drug-likeness (QED) is 0.829. The normalized spacial score (nSPS) is 23.4. The number of ether oxygens (including phenoxy) is 1. The zero-order chi connectivity index (χ0) is 17.7. The van der Waals surface area contributed by atoms with Crippen LogP contribution in [0.5, 0.6) is 0 Å². The van der Waals surface area contributed by atoms with Crippen LogP contribution in [0.15, 0.2) is 18.2 Å². The van der Waals surface area contributed by atoms with Crippen molar-refractivity contribution in [2.45, 2.75) is 12.0 Å². The topological polar surface area (TPSA) is 65.4 Å². The predicted octanol–water partition coefficient (Wildman–Crippen LogP) is 0.819. The molecular formula is C16H18BF2N3O2. The van der Waals surface area contributed by atoms with Gasteiger partial charge in [0.1, 0.15) is 0 Å². The van der Waals surface area contributed by atoms with Crippen molar-refractivity contribution >= 4 is 18.9 Å². The zero-order valence-electron chi connectivity index (χ0n) is 13.6. The van der Waals surface area contributed by atoms with Crippen molar-refractivity contribution in [3.63, 3.8) is 0 Å². The fourth-order valence-corrected chi connectivity index (χ4v) is 2.99. The van der Waals surface area contributed by atoms with Crippen molar-refractivity contribution in [3.8, 4) is 5.97 Å². The van der Waals surface area contributed by atoms with Gasteiger partial charge >= 0.3 is 139 Å². The molecule has 1 aliphatic heterocycles. The molecule has 0 radical (unpaired) electrons. The number of nitrogens with zero attached hydrogens (tertiary/aromatic N) is 2. The van der Waals surface area contributed by atoms with Gasteiger partial charge in [0, 0.05) is 0 Å². The number of halogens is 2. The van der Waals surface area contributed by atoms with Gasteiger partial charge < -0.3 is 0 Å². The summed E-state index contributed by atoms with van der Waals surface area (Å²) in [7, 11) is 3.24. The van der Waals surface area contributed by atoms with Crippen molar-refractivity contribution in [3.05, 3.63) is 35.4 Å². The minimum absolute atomic E-state index is 0.0234. The number of carbonyl (C=O) groups is 1. The van der Waals surface area contributed by atoms with Crippen molar-refractivity contribution in [2.75, 3.05) is 27.3 Å². The molecule has 2 atom stereocenters. The van der Waals surface area contributed by atoms with Crippen molar-refractivity contribution in [2.24, 2.45) is 5.92 Å². The van der Waals surface area contributed by atoms with Crippen LogP contribution in [0.1, 0.15) is 12.0 Å². The molecule has 1 N–H and O–H groups in total. The molecule has 1 aromatic carbocycles. The molecule has 2 rings (SSSR count). The van der Waals surface area contributed by atoms with E-state index in [0.29, 0.717) is 13.0 Å². The Morgan fingerprint density at radius 2 is 2.29 bits per heavy atom. The van der Waals surface area contributed by atoms with Crippen LogP contribution in [0.3, 0.4) is 0 Å². The van der Waals surface area contributed by atoms with Crippen molar-refractivity contribution < 1.29 is 18.3 Å². The Morgan fingerprint density at radius 1 is 1.54 bits per heavy atom. The molecule has 2 unspecified atom stereocenters. The van der Waals surface area contributed by atoms with E-state index in [0.717, 1.165) is 12.1 Å². The standard InChI is InChI=1S/C16H18BF2N3O2/c1-22(2)15(23)13-5-6-24-8-16(13,21-10-17-9-20)12-4-3-11(18)7-14(12)19/h3-4,7,10,13,21H,5-6,8H2,1-2H3. The first-order chi connectivity index (χ1) is 11.4. The Bertz CT molecular complexity index is 690. The molecule has 1 saturated heterocycles.